The van der Waals surface area contributed by atoms with E-state index < -0.39 is 5.91 Å². The van der Waals surface area contributed by atoms with Gasteiger partial charge in [-0.2, -0.15) is 0 Å². The van der Waals surface area contributed by atoms with Crippen LogP contribution in [0.4, 0.5) is 5.13 Å². The van der Waals surface area contributed by atoms with Gasteiger partial charge < -0.3 is 10.7 Å². The van der Waals surface area contributed by atoms with Crippen molar-refractivity contribution in [2.24, 2.45) is 5.73 Å². The quantitative estimate of drug-likeness (QED) is 0.654. The molecular formula is C17H16N4O2S2. The molecule has 0 bridgehead atoms. The molecule has 1 aliphatic rings. The highest BCUT2D eigenvalue weighted by molar-refractivity contribution is 7.15. The maximum Gasteiger partial charge on any atom is 0.267 e. The van der Waals surface area contributed by atoms with Gasteiger partial charge in [-0.1, -0.05) is 0 Å². The third kappa shape index (κ3) is 3.22. The summed E-state index contributed by atoms with van der Waals surface area (Å²) in [6.07, 6.45) is 6.22. The van der Waals surface area contributed by atoms with Gasteiger partial charge in [-0.15, -0.1) is 22.7 Å². The van der Waals surface area contributed by atoms with Crippen LogP contribution in [-0.4, -0.2) is 21.8 Å². The number of carbonyl (C=O) groups excluding carboxylic acids is 2. The smallest absolute Gasteiger partial charge is 0.267 e. The van der Waals surface area contributed by atoms with Crippen LogP contribution in [0.3, 0.4) is 0 Å². The van der Waals surface area contributed by atoms with Gasteiger partial charge in [0.25, 0.3) is 11.8 Å². The molecule has 0 fully saturated rings. The first-order chi connectivity index (χ1) is 12.1. The van der Waals surface area contributed by atoms with E-state index in [9.17, 15) is 9.59 Å². The third-order valence-electron chi connectivity index (χ3n) is 4.19. The summed E-state index contributed by atoms with van der Waals surface area (Å²) in [5.41, 5.74) is 8.33. The second-order valence-electron chi connectivity index (χ2n) is 5.92. The molecule has 3 heterocycles. The summed E-state index contributed by atoms with van der Waals surface area (Å²) >= 11 is 2.93. The molecule has 128 valence electrons. The van der Waals surface area contributed by atoms with E-state index in [-0.39, 0.29) is 5.91 Å². The molecule has 3 aromatic heterocycles. The highest BCUT2D eigenvalue weighted by Crippen LogP contribution is 2.31. The number of nitrogens with two attached hydrogens (primary N) is 1. The van der Waals surface area contributed by atoms with E-state index in [1.165, 1.54) is 34.6 Å². The van der Waals surface area contributed by atoms with Gasteiger partial charge in [0, 0.05) is 22.0 Å². The molecule has 4 N–H and O–H groups in total. The van der Waals surface area contributed by atoms with Crippen LogP contribution in [0.2, 0.25) is 0 Å². The Morgan fingerprint density at radius 1 is 1.24 bits per heavy atom. The lowest BCUT2D eigenvalue weighted by atomic mass is 9.99. The molecule has 2 amide bonds. The number of hydrogen-bond donors (Lipinski definition) is 3. The van der Waals surface area contributed by atoms with E-state index >= 15 is 0 Å². The molecule has 0 spiro atoms. The fourth-order valence-corrected chi connectivity index (χ4v) is 4.77. The minimum absolute atomic E-state index is 0.118. The summed E-state index contributed by atoms with van der Waals surface area (Å²) in [4.78, 5) is 32.9. The van der Waals surface area contributed by atoms with Crippen LogP contribution in [0, 0.1) is 0 Å². The first-order valence-corrected chi connectivity index (χ1v) is 9.67. The molecule has 0 radical (unpaired) electrons. The first-order valence-electron chi connectivity index (χ1n) is 7.97. The molecule has 0 unspecified atom stereocenters. The number of nitrogens with one attached hydrogen (secondary N) is 2. The standard InChI is InChI=1S/C17H16N4O2S2/c18-15(22)11-5-10(7-19-11)12-8-24-17(20-12)21-16(23)14-6-9-3-1-2-4-13(9)25-14/h5-8,19H,1-4H2,(H2,18,22)(H,20,21,23). The van der Waals surface area contributed by atoms with E-state index in [0.29, 0.717) is 16.5 Å². The van der Waals surface area contributed by atoms with Crippen molar-refractivity contribution < 1.29 is 9.59 Å². The Bertz CT molecular complexity index is 930. The molecule has 6 nitrogen and oxygen atoms in total. The van der Waals surface area contributed by atoms with Crippen molar-refractivity contribution in [2.45, 2.75) is 25.7 Å². The van der Waals surface area contributed by atoms with Crippen LogP contribution < -0.4 is 11.1 Å². The summed E-state index contributed by atoms with van der Waals surface area (Å²) in [7, 11) is 0. The van der Waals surface area contributed by atoms with Gasteiger partial charge in [-0.05, 0) is 43.4 Å². The van der Waals surface area contributed by atoms with Crippen molar-refractivity contribution in [2.75, 3.05) is 5.32 Å². The number of aryl methyl sites for hydroxylation is 2. The summed E-state index contributed by atoms with van der Waals surface area (Å²) < 4.78 is 0. The average Bonchev–Trinajstić information content (AvgIpc) is 3.32. The molecule has 8 heteroatoms. The number of rotatable bonds is 4. The summed E-state index contributed by atoms with van der Waals surface area (Å²) in [6, 6.07) is 3.66. The maximum atomic E-state index is 12.5. The van der Waals surface area contributed by atoms with E-state index in [0.717, 1.165) is 23.3 Å². The van der Waals surface area contributed by atoms with Crippen LogP contribution in [0.5, 0.6) is 0 Å². The fraction of sp³-hybridized carbons (Fsp3) is 0.235. The van der Waals surface area contributed by atoms with Gasteiger partial charge in [0.05, 0.1) is 10.6 Å². The van der Waals surface area contributed by atoms with Crippen molar-refractivity contribution in [1.82, 2.24) is 9.97 Å². The van der Waals surface area contributed by atoms with Gasteiger partial charge in [0.15, 0.2) is 5.13 Å². The van der Waals surface area contributed by atoms with E-state index in [1.807, 2.05) is 11.4 Å². The van der Waals surface area contributed by atoms with Crippen LogP contribution in [0.15, 0.2) is 23.7 Å². The fourth-order valence-electron chi connectivity index (χ4n) is 2.91. The average molecular weight is 372 g/mol. The summed E-state index contributed by atoms with van der Waals surface area (Å²) in [5.74, 6) is -0.635. The topological polar surface area (TPSA) is 101 Å². The SMILES string of the molecule is NC(=O)c1cc(-c2csc(NC(=O)c3cc4c(s3)CCCC4)n2)c[nH]1. The number of thiophene rings is 1. The minimum Gasteiger partial charge on any atom is -0.364 e. The van der Waals surface area contributed by atoms with E-state index in [4.69, 9.17) is 5.73 Å². The zero-order valence-electron chi connectivity index (χ0n) is 13.3. The normalized spacial score (nSPS) is 13.4. The molecule has 0 saturated carbocycles. The molecular weight excluding hydrogens is 356 g/mol. The molecule has 25 heavy (non-hydrogen) atoms. The number of primary amides is 1. The van der Waals surface area contributed by atoms with Crippen molar-refractivity contribution in [3.63, 3.8) is 0 Å². The number of hydrogen-bond acceptors (Lipinski definition) is 5. The second kappa shape index (κ2) is 6.45. The zero-order chi connectivity index (χ0) is 17.4. The van der Waals surface area contributed by atoms with Crippen LogP contribution in [-0.2, 0) is 12.8 Å². The van der Waals surface area contributed by atoms with Crippen molar-refractivity contribution in [3.8, 4) is 11.3 Å². The Hall–Kier alpha value is -2.45. The predicted octanol–water partition coefficient (Wildman–Crippen LogP) is 3.43. The van der Waals surface area contributed by atoms with Crippen molar-refractivity contribution in [3.05, 3.63) is 44.7 Å². The largest absolute Gasteiger partial charge is 0.364 e. The lowest BCUT2D eigenvalue weighted by Crippen LogP contribution is -2.10. The number of thiazole rings is 1. The number of anilines is 1. The molecule has 3 aromatic rings. The molecule has 4 rings (SSSR count). The number of nitrogens with zero attached hydrogens (tertiary/aromatic N) is 1. The first kappa shape index (κ1) is 16.0. The van der Waals surface area contributed by atoms with Gasteiger partial charge >= 0.3 is 0 Å². The highest BCUT2D eigenvalue weighted by atomic mass is 32.1. The number of amides is 2. The Labute approximate surface area is 152 Å². The second-order valence-corrected chi connectivity index (χ2v) is 7.92. The Morgan fingerprint density at radius 3 is 2.84 bits per heavy atom. The van der Waals surface area contributed by atoms with Gasteiger partial charge in [-0.3, -0.25) is 14.9 Å². The Balaban J connectivity index is 1.49. The lowest BCUT2D eigenvalue weighted by molar-refractivity contribution is 0.0994. The van der Waals surface area contributed by atoms with Gasteiger partial charge in [-0.25, -0.2) is 4.98 Å². The predicted molar refractivity (Wildman–Crippen MR) is 99.3 cm³/mol. The third-order valence-corrected chi connectivity index (χ3v) is 6.18. The van der Waals surface area contributed by atoms with Crippen LogP contribution in [0.25, 0.3) is 11.3 Å². The number of H-pyrrole nitrogens is 1. The molecule has 0 saturated heterocycles. The number of aromatic amines is 1. The lowest BCUT2D eigenvalue weighted by Gasteiger charge is -2.08. The van der Waals surface area contributed by atoms with Crippen molar-refractivity contribution in [1.29, 1.82) is 0 Å². The molecule has 1 aliphatic carbocycles. The summed E-state index contributed by atoms with van der Waals surface area (Å²) in [5, 5.41) is 5.24. The number of fused-ring (bicyclic) bond motifs is 1. The van der Waals surface area contributed by atoms with E-state index in [1.54, 1.807) is 23.6 Å². The highest BCUT2D eigenvalue weighted by Gasteiger charge is 2.18. The van der Waals surface area contributed by atoms with Crippen LogP contribution >= 0.6 is 22.7 Å². The zero-order valence-corrected chi connectivity index (χ0v) is 14.9. The Morgan fingerprint density at radius 2 is 2.08 bits per heavy atom. The van der Waals surface area contributed by atoms with Crippen molar-refractivity contribution >= 4 is 39.6 Å². The van der Waals surface area contributed by atoms with E-state index in [2.05, 4.69) is 15.3 Å². The molecule has 0 atom stereocenters. The maximum absolute atomic E-state index is 12.5. The van der Waals surface area contributed by atoms with Crippen LogP contribution in [0.1, 0.15) is 43.4 Å². The summed E-state index contributed by atoms with van der Waals surface area (Å²) in [6.45, 7) is 0. The minimum atomic E-state index is -0.517. The number of aromatic nitrogens is 2. The molecule has 0 aromatic carbocycles. The monoisotopic (exact) mass is 372 g/mol. The molecule has 0 aliphatic heterocycles. The van der Waals surface area contributed by atoms with Gasteiger partial charge in [0.2, 0.25) is 0 Å². The Kier molecular flexibility index (Phi) is 4.14. The number of carbonyl (C=O) groups is 2. The van der Waals surface area contributed by atoms with Gasteiger partial charge in [0.1, 0.15) is 5.69 Å².